The average Bonchev–Trinajstić information content (AvgIpc) is 2.57. The first-order chi connectivity index (χ1) is 7.19. The number of rotatable bonds is 1. The maximum Gasteiger partial charge on any atom is 0.411 e. The molecule has 5 nitrogen and oxygen atoms in total. The van der Waals surface area contributed by atoms with Crippen molar-refractivity contribution >= 4 is 22.9 Å². The Morgan fingerprint density at radius 1 is 1.53 bits per heavy atom. The van der Waals surface area contributed by atoms with Gasteiger partial charge in [0.25, 0.3) is 0 Å². The average molecular weight is 206 g/mol. The Balaban J connectivity index is 2.33. The Kier molecular flexibility index (Phi) is 2.29. The Morgan fingerprint density at radius 3 is 3.07 bits per heavy atom. The van der Waals surface area contributed by atoms with E-state index in [1.165, 1.54) is 7.11 Å². The molecule has 15 heavy (non-hydrogen) atoms. The summed E-state index contributed by atoms with van der Waals surface area (Å²) in [6.07, 6.45) is -0.505. The van der Waals surface area contributed by atoms with E-state index in [2.05, 4.69) is 15.0 Å². The summed E-state index contributed by atoms with van der Waals surface area (Å²) < 4.78 is 9.78. The van der Waals surface area contributed by atoms with E-state index in [1.807, 2.05) is 0 Å². The summed E-state index contributed by atoms with van der Waals surface area (Å²) >= 11 is 0. The number of amides is 1. The molecule has 0 atom stereocenters. The van der Waals surface area contributed by atoms with Crippen molar-refractivity contribution in [3.8, 4) is 0 Å². The number of nitrogens with zero attached hydrogens (tertiary/aromatic N) is 1. The molecule has 2 aromatic rings. The van der Waals surface area contributed by atoms with Crippen LogP contribution >= 0.6 is 0 Å². The van der Waals surface area contributed by atoms with Crippen LogP contribution in [0, 0.1) is 6.92 Å². The highest BCUT2D eigenvalue weighted by Crippen LogP contribution is 2.19. The predicted octanol–water partition coefficient (Wildman–Crippen LogP) is 2.31. The van der Waals surface area contributed by atoms with Crippen LogP contribution in [-0.2, 0) is 4.74 Å². The smallest absolute Gasteiger partial charge is 0.411 e. The lowest BCUT2D eigenvalue weighted by Crippen LogP contribution is -2.10. The van der Waals surface area contributed by atoms with Gasteiger partial charge in [-0.15, -0.1) is 0 Å². The lowest BCUT2D eigenvalue weighted by Gasteiger charge is -2.01. The number of hydrogen-bond donors (Lipinski definition) is 1. The van der Waals surface area contributed by atoms with Gasteiger partial charge in [0.1, 0.15) is 5.52 Å². The number of nitrogens with one attached hydrogen (secondary N) is 1. The Bertz CT molecular complexity index is 504. The molecule has 0 aliphatic rings. The fourth-order valence-electron chi connectivity index (χ4n) is 1.29. The topological polar surface area (TPSA) is 64.4 Å². The molecular formula is C10H10N2O3. The van der Waals surface area contributed by atoms with Crippen molar-refractivity contribution in [1.82, 2.24) is 4.98 Å². The summed E-state index contributed by atoms with van der Waals surface area (Å²) in [6.45, 7) is 1.77. The van der Waals surface area contributed by atoms with Crippen LogP contribution in [0.2, 0.25) is 0 Å². The van der Waals surface area contributed by atoms with Gasteiger partial charge in [0, 0.05) is 12.6 Å². The zero-order chi connectivity index (χ0) is 10.8. The standard InChI is InChI=1S/C10H10N2O3/c1-6-11-8-5-7(12-10(13)14-2)3-4-9(8)15-6/h3-5H,1-2H3,(H,12,13). The zero-order valence-corrected chi connectivity index (χ0v) is 8.40. The van der Waals surface area contributed by atoms with E-state index in [0.29, 0.717) is 22.7 Å². The predicted molar refractivity (Wildman–Crippen MR) is 54.8 cm³/mol. The lowest BCUT2D eigenvalue weighted by atomic mass is 10.3. The molecule has 0 saturated carbocycles. The quantitative estimate of drug-likeness (QED) is 0.777. The number of oxazole rings is 1. The zero-order valence-electron chi connectivity index (χ0n) is 8.40. The Hall–Kier alpha value is -2.04. The minimum atomic E-state index is -0.505. The highest BCUT2D eigenvalue weighted by molar-refractivity contribution is 5.88. The highest BCUT2D eigenvalue weighted by Gasteiger charge is 2.05. The van der Waals surface area contributed by atoms with Gasteiger partial charge in [0.2, 0.25) is 0 Å². The number of carbonyl (C=O) groups excluding carboxylic acids is 1. The lowest BCUT2D eigenvalue weighted by molar-refractivity contribution is 0.187. The van der Waals surface area contributed by atoms with Crippen molar-refractivity contribution in [1.29, 1.82) is 0 Å². The summed E-state index contributed by atoms with van der Waals surface area (Å²) in [5, 5.41) is 2.55. The molecule has 0 aliphatic carbocycles. The van der Waals surface area contributed by atoms with Crippen LogP contribution in [0.15, 0.2) is 22.6 Å². The normalized spacial score (nSPS) is 10.3. The third-order valence-electron chi connectivity index (χ3n) is 1.93. The van der Waals surface area contributed by atoms with Gasteiger partial charge < -0.3 is 9.15 Å². The van der Waals surface area contributed by atoms with E-state index in [1.54, 1.807) is 25.1 Å². The Labute approximate surface area is 86.0 Å². The van der Waals surface area contributed by atoms with Crippen molar-refractivity contribution in [3.63, 3.8) is 0 Å². The molecule has 2 rings (SSSR count). The van der Waals surface area contributed by atoms with Gasteiger partial charge in [-0.25, -0.2) is 9.78 Å². The molecule has 1 N–H and O–H groups in total. The molecule has 5 heteroatoms. The molecule has 1 heterocycles. The van der Waals surface area contributed by atoms with E-state index < -0.39 is 6.09 Å². The van der Waals surface area contributed by atoms with Crippen LogP contribution in [0.25, 0.3) is 11.1 Å². The molecule has 0 spiro atoms. The number of hydrogen-bond acceptors (Lipinski definition) is 4. The van der Waals surface area contributed by atoms with Crippen LogP contribution < -0.4 is 5.32 Å². The van der Waals surface area contributed by atoms with Gasteiger partial charge in [-0.05, 0) is 18.2 Å². The van der Waals surface area contributed by atoms with Crippen LogP contribution in [0.4, 0.5) is 10.5 Å². The monoisotopic (exact) mass is 206 g/mol. The molecular weight excluding hydrogens is 196 g/mol. The maximum absolute atomic E-state index is 10.9. The summed E-state index contributed by atoms with van der Waals surface area (Å²) in [4.78, 5) is 15.1. The van der Waals surface area contributed by atoms with Crippen LogP contribution in [0.5, 0.6) is 0 Å². The third kappa shape index (κ3) is 1.90. The van der Waals surface area contributed by atoms with Gasteiger partial charge in [-0.3, -0.25) is 5.32 Å². The van der Waals surface area contributed by atoms with Crippen LogP contribution in [-0.4, -0.2) is 18.2 Å². The summed E-state index contributed by atoms with van der Waals surface area (Å²) in [6, 6.07) is 5.20. The number of methoxy groups -OCH3 is 1. The van der Waals surface area contributed by atoms with Crippen LogP contribution in [0.1, 0.15) is 5.89 Å². The van der Waals surface area contributed by atoms with E-state index >= 15 is 0 Å². The first kappa shape index (κ1) is 9.51. The first-order valence-electron chi connectivity index (χ1n) is 4.41. The van der Waals surface area contributed by atoms with Crippen molar-refractivity contribution in [2.75, 3.05) is 12.4 Å². The fraction of sp³-hybridized carbons (Fsp3) is 0.200. The molecule has 0 fully saturated rings. The number of ether oxygens (including phenoxy) is 1. The Morgan fingerprint density at radius 2 is 2.33 bits per heavy atom. The highest BCUT2D eigenvalue weighted by atomic mass is 16.5. The minimum absolute atomic E-state index is 0.505. The molecule has 78 valence electrons. The van der Waals surface area contributed by atoms with E-state index in [4.69, 9.17) is 4.42 Å². The SMILES string of the molecule is COC(=O)Nc1ccc2oc(C)nc2c1. The molecule has 1 aromatic carbocycles. The van der Waals surface area contributed by atoms with Crippen molar-refractivity contribution in [3.05, 3.63) is 24.1 Å². The number of aryl methyl sites for hydroxylation is 1. The van der Waals surface area contributed by atoms with Crippen molar-refractivity contribution < 1.29 is 13.9 Å². The van der Waals surface area contributed by atoms with E-state index in [9.17, 15) is 4.79 Å². The molecule has 1 aromatic heterocycles. The van der Waals surface area contributed by atoms with Crippen molar-refractivity contribution in [2.24, 2.45) is 0 Å². The molecule has 0 saturated heterocycles. The second-order valence-electron chi connectivity index (χ2n) is 3.03. The third-order valence-corrected chi connectivity index (χ3v) is 1.93. The molecule has 1 amide bonds. The summed E-state index contributed by atoms with van der Waals surface area (Å²) in [5.74, 6) is 0.597. The number of fused-ring (bicyclic) bond motifs is 1. The largest absolute Gasteiger partial charge is 0.453 e. The van der Waals surface area contributed by atoms with Gasteiger partial charge in [0.15, 0.2) is 11.5 Å². The summed E-state index contributed by atoms with van der Waals surface area (Å²) in [7, 11) is 1.31. The number of carbonyl (C=O) groups is 1. The summed E-state index contributed by atoms with van der Waals surface area (Å²) in [5.41, 5.74) is 2.03. The number of benzene rings is 1. The number of aromatic nitrogens is 1. The second-order valence-corrected chi connectivity index (χ2v) is 3.03. The van der Waals surface area contributed by atoms with E-state index in [-0.39, 0.29) is 0 Å². The molecule has 0 radical (unpaired) electrons. The molecule has 0 bridgehead atoms. The van der Waals surface area contributed by atoms with Gasteiger partial charge in [-0.1, -0.05) is 0 Å². The molecule has 0 aliphatic heterocycles. The van der Waals surface area contributed by atoms with Gasteiger partial charge >= 0.3 is 6.09 Å². The van der Waals surface area contributed by atoms with Crippen molar-refractivity contribution in [2.45, 2.75) is 6.92 Å². The van der Waals surface area contributed by atoms with E-state index in [0.717, 1.165) is 0 Å². The van der Waals surface area contributed by atoms with Gasteiger partial charge in [0.05, 0.1) is 7.11 Å². The second kappa shape index (κ2) is 3.61. The maximum atomic E-state index is 10.9. The van der Waals surface area contributed by atoms with Gasteiger partial charge in [-0.2, -0.15) is 0 Å². The fourth-order valence-corrected chi connectivity index (χ4v) is 1.29. The van der Waals surface area contributed by atoms with Crippen LogP contribution in [0.3, 0.4) is 0 Å². The molecule has 0 unspecified atom stereocenters. The number of anilines is 1. The minimum Gasteiger partial charge on any atom is -0.453 e. The first-order valence-corrected chi connectivity index (χ1v) is 4.41.